The number of benzene rings is 2. The number of likely N-dealkylation sites (tertiary alicyclic amines) is 1. The summed E-state index contributed by atoms with van der Waals surface area (Å²) in [7, 11) is -3.38. The van der Waals surface area contributed by atoms with Crippen molar-refractivity contribution in [2.75, 3.05) is 13.1 Å². The molecule has 3 rings (SSSR count). The maximum absolute atomic E-state index is 12.4. The molecule has 0 bridgehead atoms. The lowest BCUT2D eigenvalue weighted by molar-refractivity contribution is -0.130. The smallest absolute Gasteiger partial charge is 0.219 e. The van der Waals surface area contributed by atoms with Crippen molar-refractivity contribution < 1.29 is 13.2 Å². The van der Waals surface area contributed by atoms with Gasteiger partial charge >= 0.3 is 0 Å². The van der Waals surface area contributed by atoms with Crippen molar-refractivity contribution in [3.63, 3.8) is 0 Å². The van der Waals surface area contributed by atoms with Gasteiger partial charge in [0, 0.05) is 32.0 Å². The molecule has 1 fully saturated rings. The highest BCUT2D eigenvalue weighted by Gasteiger charge is 2.34. The van der Waals surface area contributed by atoms with Crippen LogP contribution in [0.4, 0.5) is 0 Å². The molecule has 0 radical (unpaired) electrons. The molecule has 1 heterocycles. The maximum atomic E-state index is 12.4. The molecule has 28 heavy (non-hydrogen) atoms. The largest absolute Gasteiger partial charge is 0.342 e. The molecule has 2 atom stereocenters. The highest BCUT2D eigenvalue weighted by Crippen LogP contribution is 2.30. The van der Waals surface area contributed by atoms with Crippen LogP contribution in [0.3, 0.4) is 0 Å². The number of sulfonamides is 1. The van der Waals surface area contributed by atoms with Gasteiger partial charge in [-0.25, -0.2) is 13.1 Å². The summed E-state index contributed by atoms with van der Waals surface area (Å²) in [5, 5.41) is -0.487. The fraction of sp³-hybridized carbons (Fsp3) is 0.409. The minimum Gasteiger partial charge on any atom is -0.342 e. The van der Waals surface area contributed by atoms with Gasteiger partial charge in [-0.15, -0.1) is 0 Å². The molecule has 0 unspecified atom stereocenters. The van der Waals surface area contributed by atoms with Gasteiger partial charge in [-0.2, -0.15) is 0 Å². The summed E-state index contributed by atoms with van der Waals surface area (Å²) < 4.78 is 27.8. The second-order valence-electron chi connectivity index (χ2n) is 7.67. The van der Waals surface area contributed by atoms with Gasteiger partial charge in [0.1, 0.15) is 0 Å². The number of nitrogens with one attached hydrogen (secondary N) is 1. The highest BCUT2D eigenvalue weighted by molar-refractivity contribution is 7.90. The molecule has 2 aromatic carbocycles. The summed E-state index contributed by atoms with van der Waals surface area (Å²) in [4.78, 5) is 13.7. The third-order valence-corrected chi connectivity index (χ3v) is 7.31. The molecule has 0 saturated carbocycles. The lowest BCUT2D eigenvalue weighted by Crippen LogP contribution is -2.51. The Bertz CT molecular complexity index is 909. The van der Waals surface area contributed by atoms with Gasteiger partial charge in [0.25, 0.3) is 0 Å². The molecule has 2 aromatic rings. The first kappa shape index (κ1) is 20.6. The van der Waals surface area contributed by atoms with E-state index in [-0.39, 0.29) is 17.9 Å². The molecule has 150 valence electrons. The van der Waals surface area contributed by atoms with Crippen LogP contribution in [0, 0.1) is 0 Å². The van der Waals surface area contributed by atoms with Crippen molar-refractivity contribution >= 4 is 15.9 Å². The van der Waals surface area contributed by atoms with Crippen LogP contribution in [0.5, 0.6) is 0 Å². The second-order valence-corrected chi connectivity index (χ2v) is 9.93. The zero-order valence-electron chi connectivity index (χ0n) is 16.6. The van der Waals surface area contributed by atoms with Crippen LogP contribution in [0.25, 0.3) is 11.1 Å². The van der Waals surface area contributed by atoms with Gasteiger partial charge in [-0.05, 0) is 37.0 Å². The fourth-order valence-corrected chi connectivity index (χ4v) is 4.59. The Morgan fingerprint density at radius 3 is 2.21 bits per heavy atom. The van der Waals surface area contributed by atoms with Crippen LogP contribution in [0.15, 0.2) is 54.6 Å². The molecule has 0 aliphatic carbocycles. The summed E-state index contributed by atoms with van der Waals surface area (Å²) in [6.07, 6.45) is 0.608. The van der Waals surface area contributed by atoms with E-state index in [1.54, 1.807) is 25.7 Å². The lowest BCUT2D eigenvalue weighted by atomic mass is 9.86. The normalized spacial score (nSPS) is 20.4. The van der Waals surface area contributed by atoms with Crippen molar-refractivity contribution in [1.82, 2.24) is 9.62 Å². The first-order valence-electron chi connectivity index (χ1n) is 9.70. The molecule has 1 aliphatic rings. The van der Waals surface area contributed by atoms with E-state index in [0.29, 0.717) is 19.5 Å². The van der Waals surface area contributed by atoms with E-state index in [1.165, 1.54) is 0 Å². The predicted octanol–water partition coefficient (Wildman–Crippen LogP) is 3.39. The van der Waals surface area contributed by atoms with Crippen molar-refractivity contribution in [1.29, 1.82) is 0 Å². The van der Waals surface area contributed by atoms with E-state index < -0.39 is 15.3 Å². The number of carbonyl (C=O) groups excluding carboxylic acids is 1. The number of rotatable bonds is 5. The Hall–Kier alpha value is -2.18. The molecule has 1 amide bonds. The van der Waals surface area contributed by atoms with Crippen LogP contribution in [0.2, 0.25) is 0 Å². The molecule has 0 aromatic heterocycles. The van der Waals surface area contributed by atoms with Crippen molar-refractivity contribution in [2.45, 2.75) is 44.4 Å². The number of nitrogens with zero attached hydrogens (tertiary/aromatic N) is 1. The average molecular weight is 401 g/mol. The van der Waals surface area contributed by atoms with E-state index in [2.05, 4.69) is 29.0 Å². The first-order chi connectivity index (χ1) is 13.3. The Morgan fingerprint density at radius 1 is 1.04 bits per heavy atom. The molecular formula is C22H28N2O3S. The second kappa shape index (κ2) is 8.45. The van der Waals surface area contributed by atoms with Crippen LogP contribution >= 0.6 is 0 Å². The molecule has 1 saturated heterocycles. The van der Waals surface area contributed by atoms with Crippen molar-refractivity contribution in [2.24, 2.45) is 0 Å². The minimum absolute atomic E-state index is 0.0241. The topological polar surface area (TPSA) is 66.5 Å². The average Bonchev–Trinajstić information content (AvgIpc) is 2.68. The molecule has 6 heteroatoms. The summed E-state index contributed by atoms with van der Waals surface area (Å²) in [6.45, 7) is 6.01. The third-order valence-electron chi connectivity index (χ3n) is 5.44. The van der Waals surface area contributed by atoms with E-state index >= 15 is 0 Å². The molecule has 1 aliphatic heterocycles. The molecule has 0 spiro atoms. The minimum atomic E-state index is -3.38. The third kappa shape index (κ3) is 4.62. The lowest BCUT2D eigenvalue weighted by Gasteiger charge is -2.39. The van der Waals surface area contributed by atoms with Gasteiger partial charge < -0.3 is 4.90 Å². The summed E-state index contributed by atoms with van der Waals surface area (Å²) in [5.74, 6) is -0.0490. The maximum Gasteiger partial charge on any atom is 0.219 e. The molecular weight excluding hydrogens is 372 g/mol. The number of carbonyl (C=O) groups is 1. The quantitative estimate of drug-likeness (QED) is 0.837. The summed E-state index contributed by atoms with van der Waals surface area (Å²) in [5.41, 5.74) is 3.30. The van der Waals surface area contributed by atoms with Gasteiger partial charge in [0.15, 0.2) is 0 Å². The Labute approximate surface area is 167 Å². The number of hydrogen-bond donors (Lipinski definition) is 1. The Balaban J connectivity index is 1.88. The van der Waals surface area contributed by atoms with Crippen molar-refractivity contribution in [3.05, 3.63) is 60.2 Å². The van der Waals surface area contributed by atoms with Crippen LogP contribution in [-0.2, 0) is 14.8 Å². The zero-order valence-corrected chi connectivity index (χ0v) is 17.4. The Kier molecular flexibility index (Phi) is 6.20. The summed E-state index contributed by atoms with van der Waals surface area (Å²) >= 11 is 0. The van der Waals surface area contributed by atoms with Gasteiger partial charge in [0.05, 0.1) is 5.25 Å². The van der Waals surface area contributed by atoms with Crippen molar-refractivity contribution in [3.8, 4) is 11.1 Å². The standard InChI is InChI=1S/C22H28N2O3S/c1-16(2)28(26,27)23-22-13-14-24(17(3)25)15-21(22)20-11-9-19(10-12-20)18-7-5-4-6-8-18/h4-12,16,21-23H,13-15H2,1-3H3/t21-,22+/m1/s1. The van der Waals surface area contributed by atoms with Gasteiger partial charge in [-0.1, -0.05) is 54.6 Å². The SMILES string of the molecule is CC(=O)N1CC[C@H](NS(=O)(=O)C(C)C)[C@@H](c2ccc(-c3ccccc3)cc2)C1. The van der Waals surface area contributed by atoms with E-state index in [4.69, 9.17) is 0 Å². The van der Waals surface area contributed by atoms with Gasteiger partial charge in [0.2, 0.25) is 15.9 Å². The van der Waals surface area contributed by atoms with Gasteiger partial charge in [-0.3, -0.25) is 4.79 Å². The van der Waals surface area contributed by atoms with E-state index in [1.807, 2.05) is 30.3 Å². The number of hydrogen-bond acceptors (Lipinski definition) is 3. The van der Waals surface area contributed by atoms with E-state index in [9.17, 15) is 13.2 Å². The van der Waals surface area contributed by atoms with Crippen LogP contribution in [0.1, 0.15) is 38.7 Å². The summed E-state index contributed by atoms with van der Waals surface area (Å²) in [6, 6.07) is 18.1. The van der Waals surface area contributed by atoms with Crippen LogP contribution < -0.4 is 4.72 Å². The highest BCUT2D eigenvalue weighted by atomic mass is 32.2. The van der Waals surface area contributed by atoms with Crippen LogP contribution in [-0.4, -0.2) is 43.6 Å². The van der Waals surface area contributed by atoms with E-state index in [0.717, 1.165) is 16.7 Å². The number of amides is 1. The zero-order chi connectivity index (χ0) is 20.3. The fourth-order valence-electron chi connectivity index (χ4n) is 3.62. The Morgan fingerprint density at radius 2 is 1.64 bits per heavy atom. The monoisotopic (exact) mass is 400 g/mol. The molecule has 1 N–H and O–H groups in total. The molecule has 5 nitrogen and oxygen atoms in total. The number of piperidine rings is 1. The first-order valence-corrected chi connectivity index (χ1v) is 11.2. The predicted molar refractivity (Wildman–Crippen MR) is 112 cm³/mol.